The molecular weight excluding hydrogens is 258 g/mol. The Morgan fingerprint density at radius 3 is 2.60 bits per heavy atom. The molecule has 2 N–H and O–H groups in total. The summed E-state index contributed by atoms with van der Waals surface area (Å²) in [7, 11) is 0. The van der Waals surface area contributed by atoms with Crippen molar-refractivity contribution < 1.29 is 9.59 Å². The number of benzene rings is 1. The first-order valence-corrected chi connectivity index (χ1v) is 6.15. The van der Waals surface area contributed by atoms with Gasteiger partial charge in [-0.15, -0.1) is 5.10 Å². The minimum Gasteiger partial charge on any atom is -0.346 e. The van der Waals surface area contributed by atoms with Gasteiger partial charge in [0.2, 0.25) is 0 Å². The average molecular weight is 273 g/mol. The zero-order chi connectivity index (χ0) is 14.4. The van der Waals surface area contributed by atoms with Crippen molar-refractivity contribution >= 4 is 17.5 Å². The Kier molecular flexibility index (Phi) is 4.43. The molecule has 0 atom stereocenters. The number of anilines is 1. The van der Waals surface area contributed by atoms with Crippen LogP contribution in [0.25, 0.3) is 0 Å². The second kappa shape index (κ2) is 6.46. The number of amides is 2. The van der Waals surface area contributed by atoms with E-state index in [9.17, 15) is 9.59 Å². The standard InChI is InChI=1S/C13H15N5O2/c1-10-2-4-11(5-3-10)16-13(20)12(19)14-6-8-18-9-7-15-17-18/h2-5,7,9H,6,8H2,1H3,(H,14,19)(H,16,20). The molecule has 2 rings (SSSR count). The first-order valence-electron chi connectivity index (χ1n) is 6.15. The van der Waals surface area contributed by atoms with E-state index in [2.05, 4.69) is 20.9 Å². The predicted octanol–water partition coefficient (Wildman–Crippen LogP) is 0.341. The number of aromatic nitrogens is 3. The van der Waals surface area contributed by atoms with Crippen molar-refractivity contribution in [2.24, 2.45) is 0 Å². The van der Waals surface area contributed by atoms with Crippen molar-refractivity contribution in [2.75, 3.05) is 11.9 Å². The quantitative estimate of drug-likeness (QED) is 0.786. The lowest BCUT2D eigenvalue weighted by molar-refractivity contribution is -0.136. The van der Waals surface area contributed by atoms with Crippen molar-refractivity contribution in [2.45, 2.75) is 13.5 Å². The number of hydrogen-bond donors (Lipinski definition) is 2. The maximum atomic E-state index is 11.6. The Morgan fingerprint density at radius 2 is 1.95 bits per heavy atom. The normalized spacial score (nSPS) is 10.1. The number of aryl methyl sites for hydroxylation is 1. The van der Waals surface area contributed by atoms with E-state index in [0.29, 0.717) is 18.8 Å². The lowest BCUT2D eigenvalue weighted by atomic mass is 10.2. The van der Waals surface area contributed by atoms with Crippen molar-refractivity contribution in [3.63, 3.8) is 0 Å². The molecule has 0 saturated carbocycles. The fourth-order valence-electron chi connectivity index (χ4n) is 1.54. The second-order valence-electron chi connectivity index (χ2n) is 4.24. The minimum atomic E-state index is -0.688. The molecule has 2 amide bonds. The van der Waals surface area contributed by atoms with Gasteiger partial charge in [0.05, 0.1) is 12.7 Å². The number of rotatable bonds is 4. The summed E-state index contributed by atoms with van der Waals surface area (Å²) >= 11 is 0. The third-order valence-corrected chi connectivity index (χ3v) is 2.61. The largest absolute Gasteiger partial charge is 0.346 e. The van der Waals surface area contributed by atoms with E-state index in [1.807, 2.05) is 19.1 Å². The Hall–Kier alpha value is -2.70. The van der Waals surface area contributed by atoms with E-state index in [1.54, 1.807) is 29.2 Å². The molecule has 7 nitrogen and oxygen atoms in total. The topological polar surface area (TPSA) is 88.9 Å². The molecule has 2 aromatic rings. The molecule has 0 spiro atoms. The van der Waals surface area contributed by atoms with Gasteiger partial charge in [0.25, 0.3) is 0 Å². The maximum Gasteiger partial charge on any atom is 0.313 e. The first-order chi connectivity index (χ1) is 9.65. The molecule has 7 heteroatoms. The summed E-state index contributed by atoms with van der Waals surface area (Å²) in [5.74, 6) is -1.36. The monoisotopic (exact) mass is 273 g/mol. The van der Waals surface area contributed by atoms with Gasteiger partial charge in [-0.05, 0) is 19.1 Å². The fourth-order valence-corrected chi connectivity index (χ4v) is 1.54. The van der Waals surface area contributed by atoms with Crippen LogP contribution in [0.2, 0.25) is 0 Å². The summed E-state index contributed by atoms with van der Waals surface area (Å²) in [4.78, 5) is 23.2. The lowest BCUT2D eigenvalue weighted by Crippen LogP contribution is -2.37. The summed E-state index contributed by atoms with van der Waals surface area (Å²) in [5, 5.41) is 12.4. The molecule has 0 aliphatic carbocycles. The Morgan fingerprint density at radius 1 is 1.20 bits per heavy atom. The molecular formula is C13H15N5O2. The fraction of sp³-hybridized carbons (Fsp3) is 0.231. The van der Waals surface area contributed by atoms with Crippen LogP contribution < -0.4 is 10.6 Å². The third kappa shape index (κ3) is 3.91. The van der Waals surface area contributed by atoms with Gasteiger partial charge in [0.15, 0.2) is 0 Å². The Balaban J connectivity index is 1.77. The van der Waals surface area contributed by atoms with Gasteiger partial charge in [-0.1, -0.05) is 22.9 Å². The molecule has 0 bridgehead atoms. The summed E-state index contributed by atoms with van der Waals surface area (Å²) in [5.41, 5.74) is 1.67. The zero-order valence-corrected chi connectivity index (χ0v) is 11.0. The highest BCUT2D eigenvalue weighted by Crippen LogP contribution is 2.07. The van der Waals surface area contributed by atoms with Gasteiger partial charge < -0.3 is 10.6 Å². The number of carbonyl (C=O) groups is 2. The molecule has 0 fully saturated rings. The van der Waals surface area contributed by atoms with Gasteiger partial charge in [0, 0.05) is 18.4 Å². The van der Waals surface area contributed by atoms with Crippen LogP contribution in [0.5, 0.6) is 0 Å². The van der Waals surface area contributed by atoms with Crippen LogP contribution >= 0.6 is 0 Å². The molecule has 1 aromatic heterocycles. The van der Waals surface area contributed by atoms with Crippen LogP contribution in [0.3, 0.4) is 0 Å². The molecule has 1 heterocycles. The maximum absolute atomic E-state index is 11.6. The van der Waals surface area contributed by atoms with Crippen LogP contribution in [0.1, 0.15) is 5.56 Å². The number of hydrogen-bond acceptors (Lipinski definition) is 4. The van der Waals surface area contributed by atoms with Gasteiger partial charge in [-0.3, -0.25) is 14.3 Å². The van der Waals surface area contributed by atoms with Crippen LogP contribution in [-0.2, 0) is 16.1 Å². The molecule has 0 aliphatic rings. The van der Waals surface area contributed by atoms with E-state index < -0.39 is 11.8 Å². The predicted molar refractivity (Wildman–Crippen MR) is 72.8 cm³/mol. The van der Waals surface area contributed by atoms with Crippen LogP contribution in [0.15, 0.2) is 36.7 Å². The summed E-state index contributed by atoms with van der Waals surface area (Å²) < 4.78 is 1.57. The summed E-state index contributed by atoms with van der Waals surface area (Å²) in [6, 6.07) is 7.21. The molecule has 20 heavy (non-hydrogen) atoms. The van der Waals surface area contributed by atoms with Crippen LogP contribution in [0, 0.1) is 6.92 Å². The van der Waals surface area contributed by atoms with E-state index in [0.717, 1.165) is 5.56 Å². The van der Waals surface area contributed by atoms with Gasteiger partial charge in [-0.2, -0.15) is 0 Å². The molecule has 0 unspecified atom stereocenters. The minimum absolute atomic E-state index is 0.309. The lowest BCUT2D eigenvalue weighted by Gasteiger charge is -2.06. The highest BCUT2D eigenvalue weighted by molar-refractivity contribution is 6.39. The van der Waals surface area contributed by atoms with Crippen LogP contribution in [-0.4, -0.2) is 33.4 Å². The summed E-state index contributed by atoms with van der Waals surface area (Å²) in [6.07, 6.45) is 3.23. The molecule has 104 valence electrons. The second-order valence-corrected chi connectivity index (χ2v) is 4.24. The highest BCUT2D eigenvalue weighted by Gasteiger charge is 2.12. The van der Waals surface area contributed by atoms with E-state index in [-0.39, 0.29) is 0 Å². The average Bonchev–Trinajstić information content (AvgIpc) is 2.94. The molecule has 0 saturated heterocycles. The first kappa shape index (κ1) is 13.7. The van der Waals surface area contributed by atoms with Gasteiger partial charge in [0.1, 0.15) is 0 Å². The van der Waals surface area contributed by atoms with E-state index in [1.165, 1.54) is 0 Å². The van der Waals surface area contributed by atoms with E-state index in [4.69, 9.17) is 0 Å². The van der Waals surface area contributed by atoms with Crippen LogP contribution in [0.4, 0.5) is 5.69 Å². The highest BCUT2D eigenvalue weighted by atomic mass is 16.2. The van der Waals surface area contributed by atoms with Crippen molar-refractivity contribution in [1.29, 1.82) is 0 Å². The van der Waals surface area contributed by atoms with Gasteiger partial charge in [-0.25, -0.2) is 0 Å². The Bertz CT molecular complexity index is 577. The summed E-state index contributed by atoms with van der Waals surface area (Å²) in [6.45, 7) is 2.72. The molecule has 0 radical (unpaired) electrons. The van der Waals surface area contributed by atoms with Crippen molar-refractivity contribution in [3.8, 4) is 0 Å². The van der Waals surface area contributed by atoms with Crippen molar-refractivity contribution in [3.05, 3.63) is 42.2 Å². The SMILES string of the molecule is Cc1ccc(NC(=O)C(=O)NCCn2ccnn2)cc1. The zero-order valence-electron chi connectivity index (χ0n) is 11.0. The molecule has 1 aromatic carbocycles. The number of nitrogens with one attached hydrogen (secondary N) is 2. The van der Waals surface area contributed by atoms with E-state index >= 15 is 0 Å². The third-order valence-electron chi connectivity index (χ3n) is 2.61. The Labute approximate surface area is 116 Å². The molecule has 0 aliphatic heterocycles. The smallest absolute Gasteiger partial charge is 0.313 e. The van der Waals surface area contributed by atoms with Gasteiger partial charge >= 0.3 is 11.8 Å². The number of nitrogens with zero attached hydrogens (tertiary/aromatic N) is 3. The number of carbonyl (C=O) groups excluding carboxylic acids is 2. The van der Waals surface area contributed by atoms with Crippen molar-refractivity contribution in [1.82, 2.24) is 20.3 Å².